The normalized spacial score (nSPS) is 12.7. The second-order valence-corrected chi connectivity index (χ2v) is 6.06. The van der Waals surface area contributed by atoms with Crippen LogP contribution in [0.4, 0.5) is 4.39 Å². The number of likely N-dealkylation sites (N-methyl/N-ethyl adjacent to an activating group) is 1. The first-order valence-electron chi connectivity index (χ1n) is 6.38. The van der Waals surface area contributed by atoms with Gasteiger partial charge in [0.15, 0.2) is 0 Å². The van der Waals surface area contributed by atoms with Crippen molar-refractivity contribution in [2.24, 2.45) is 0 Å². The minimum absolute atomic E-state index is 0.0372. The highest BCUT2D eigenvalue weighted by molar-refractivity contribution is 7.11. The molecule has 1 atom stereocenters. The fourth-order valence-corrected chi connectivity index (χ4v) is 3.09. The van der Waals surface area contributed by atoms with E-state index in [1.54, 1.807) is 24.3 Å². The standard InChI is InChI=1S/C15H19FN2S/c1-9-6-5-7-12(15(9)16)13(17-4)8-14-18-10(2)11(3)19-14/h5-7,13,17H,8H2,1-4H3. The number of thiazole rings is 1. The third-order valence-corrected chi connectivity index (χ3v) is 4.49. The molecule has 0 saturated carbocycles. The first-order chi connectivity index (χ1) is 9.02. The van der Waals surface area contributed by atoms with E-state index in [1.807, 2.05) is 26.1 Å². The minimum Gasteiger partial charge on any atom is -0.313 e. The molecular weight excluding hydrogens is 259 g/mol. The SMILES string of the molecule is CNC(Cc1nc(C)c(C)s1)c1cccc(C)c1F. The monoisotopic (exact) mass is 278 g/mol. The fourth-order valence-electron chi connectivity index (χ4n) is 2.11. The Morgan fingerprint density at radius 2 is 2.05 bits per heavy atom. The Hall–Kier alpha value is -1.26. The van der Waals surface area contributed by atoms with Crippen LogP contribution in [0, 0.1) is 26.6 Å². The molecule has 0 radical (unpaired) electrons. The number of hydrogen-bond acceptors (Lipinski definition) is 3. The number of nitrogens with zero attached hydrogens (tertiary/aromatic N) is 1. The minimum atomic E-state index is -0.119. The van der Waals surface area contributed by atoms with Crippen LogP contribution in [0.1, 0.15) is 32.7 Å². The largest absolute Gasteiger partial charge is 0.313 e. The summed E-state index contributed by atoms with van der Waals surface area (Å²) in [5.41, 5.74) is 2.47. The van der Waals surface area contributed by atoms with Crippen LogP contribution >= 0.6 is 11.3 Å². The average Bonchev–Trinajstić information content (AvgIpc) is 2.69. The molecule has 0 saturated heterocycles. The zero-order valence-electron chi connectivity index (χ0n) is 11.7. The summed E-state index contributed by atoms with van der Waals surface area (Å²) in [6.07, 6.45) is 0.718. The number of hydrogen-bond donors (Lipinski definition) is 1. The van der Waals surface area contributed by atoms with E-state index in [4.69, 9.17) is 0 Å². The van der Waals surface area contributed by atoms with E-state index < -0.39 is 0 Å². The fraction of sp³-hybridized carbons (Fsp3) is 0.400. The van der Waals surface area contributed by atoms with Gasteiger partial charge < -0.3 is 5.32 Å². The van der Waals surface area contributed by atoms with Crippen LogP contribution in [-0.2, 0) is 6.42 Å². The highest BCUT2D eigenvalue weighted by atomic mass is 32.1. The zero-order chi connectivity index (χ0) is 14.0. The maximum absolute atomic E-state index is 14.2. The Morgan fingerprint density at radius 1 is 1.32 bits per heavy atom. The molecule has 1 unspecified atom stereocenters. The summed E-state index contributed by atoms with van der Waals surface area (Å²) in [5.74, 6) is -0.119. The van der Waals surface area contributed by atoms with E-state index >= 15 is 0 Å². The van der Waals surface area contributed by atoms with Gasteiger partial charge in [-0.25, -0.2) is 9.37 Å². The third kappa shape index (κ3) is 3.01. The lowest BCUT2D eigenvalue weighted by Gasteiger charge is -2.17. The van der Waals surface area contributed by atoms with E-state index in [1.165, 1.54) is 4.88 Å². The van der Waals surface area contributed by atoms with Crippen LogP contribution in [0.2, 0.25) is 0 Å². The van der Waals surface area contributed by atoms with Crippen LogP contribution in [0.5, 0.6) is 0 Å². The molecule has 1 aromatic carbocycles. The molecule has 1 aromatic heterocycles. The van der Waals surface area contributed by atoms with Crippen molar-refractivity contribution in [3.8, 4) is 0 Å². The van der Waals surface area contributed by atoms with E-state index in [9.17, 15) is 4.39 Å². The first kappa shape index (κ1) is 14.2. The number of aromatic nitrogens is 1. The molecule has 0 aliphatic rings. The topological polar surface area (TPSA) is 24.9 Å². The summed E-state index contributed by atoms with van der Waals surface area (Å²) in [4.78, 5) is 5.76. The van der Waals surface area contributed by atoms with Crippen LogP contribution in [0.25, 0.3) is 0 Å². The molecule has 0 fully saturated rings. The van der Waals surface area contributed by atoms with Crippen LogP contribution in [0.15, 0.2) is 18.2 Å². The van der Waals surface area contributed by atoms with Gasteiger partial charge in [-0.3, -0.25) is 0 Å². The average molecular weight is 278 g/mol. The van der Waals surface area contributed by atoms with Gasteiger partial charge in [0, 0.05) is 22.9 Å². The van der Waals surface area contributed by atoms with Gasteiger partial charge in [-0.1, -0.05) is 18.2 Å². The Bertz CT molecular complexity index is 558. The summed E-state index contributed by atoms with van der Waals surface area (Å²) >= 11 is 1.69. The van der Waals surface area contributed by atoms with Crippen molar-refractivity contribution in [2.45, 2.75) is 33.2 Å². The molecule has 0 aliphatic carbocycles. The van der Waals surface area contributed by atoms with Gasteiger partial charge in [0.25, 0.3) is 0 Å². The lowest BCUT2D eigenvalue weighted by atomic mass is 10.0. The molecule has 2 aromatic rings. The maximum atomic E-state index is 14.2. The Morgan fingerprint density at radius 3 is 2.63 bits per heavy atom. The molecule has 2 rings (SSSR count). The van der Waals surface area contributed by atoms with Crippen LogP contribution in [0.3, 0.4) is 0 Å². The van der Waals surface area contributed by atoms with Crippen LogP contribution < -0.4 is 5.32 Å². The predicted molar refractivity (Wildman–Crippen MR) is 78.2 cm³/mol. The lowest BCUT2D eigenvalue weighted by Crippen LogP contribution is -2.20. The van der Waals surface area contributed by atoms with Crippen molar-refractivity contribution in [1.29, 1.82) is 0 Å². The summed E-state index contributed by atoms with van der Waals surface area (Å²) in [6.45, 7) is 5.87. The molecule has 1 heterocycles. The molecule has 102 valence electrons. The van der Waals surface area contributed by atoms with E-state index in [-0.39, 0.29) is 11.9 Å². The van der Waals surface area contributed by atoms with Crippen molar-refractivity contribution >= 4 is 11.3 Å². The van der Waals surface area contributed by atoms with Gasteiger partial charge in [-0.15, -0.1) is 11.3 Å². The maximum Gasteiger partial charge on any atom is 0.130 e. The molecule has 2 nitrogen and oxygen atoms in total. The molecule has 0 amide bonds. The number of benzene rings is 1. The Balaban J connectivity index is 2.27. The molecular formula is C15H19FN2S. The highest BCUT2D eigenvalue weighted by Crippen LogP contribution is 2.26. The predicted octanol–water partition coefficient (Wildman–Crippen LogP) is 3.71. The van der Waals surface area contributed by atoms with Gasteiger partial charge in [-0.05, 0) is 33.4 Å². The first-order valence-corrected chi connectivity index (χ1v) is 7.19. The summed E-state index contributed by atoms with van der Waals surface area (Å²) in [5, 5.41) is 4.24. The molecule has 0 bridgehead atoms. The zero-order valence-corrected chi connectivity index (χ0v) is 12.6. The summed E-state index contributed by atoms with van der Waals surface area (Å²) < 4.78 is 14.2. The quantitative estimate of drug-likeness (QED) is 0.922. The van der Waals surface area contributed by atoms with Gasteiger partial charge in [-0.2, -0.15) is 0 Å². The molecule has 1 N–H and O–H groups in total. The third-order valence-electron chi connectivity index (χ3n) is 3.40. The Labute approximate surface area is 117 Å². The highest BCUT2D eigenvalue weighted by Gasteiger charge is 2.17. The van der Waals surface area contributed by atoms with Crippen molar-refractivity contribution < 1.29 is 4.39 Å². The van der Waals surface area contributed by atoms with E-state index in [2.05, 4.69) is 17.2 Å². The Kier molecular flexibility index (Phi) is 4.32. The second-order valence-electron chi connectivity index (χ2n) is 4.77. The molecule has 0 aliphatic heterocycles. The van der Waals surface area contributed by atoms with Gasteiger partial charge in [0.1, 0.15) is 5.82 Å². The van der Waals surface area contributed by atoms with Gasteiger partial charge in [0.05, 0.1) is 10.7 Å². The lowest BCUT2D eigenvalue weighted by molar-refractivity contribution is 0.529. The van der Waals surface area contributed by atoms with Gasteiger partial charge >= 0.3 is 0 Å². The molecule has 19 heavy (non-hydrogen) atoms. The number of rotatable bonds is 4. The smallest absolute Gasteiger partial charge is 0.130 e. The number of aryl methyl sites for hydroxylation is 3. The van der Waals surface area contributed by atoms with Gasteiger partial charge in [0.2, 0.25) is 0 Å². The van der Waals surface area contributed by atoms with Crippen LogP contribution in [-0.4, -0.2) is 12.0 Å². The van der Waals surface area contributed by atoms with Crippen molar-refractivity contribution in [2.75, 3.05) is 7.05 Å². The van der Waals surface area contributed by atoms with E-state index in [0.717, 1.165) is 17.1 Å². The second kappa shape index (κ2) is 5.80. The van der Waals surface area contributed by atoms with E-state index in [0.29, 0.717) is 11.1 Å². The summed E-state index contributed by atoms with van der Waals surface area (Å²) in [6, 6.07) is 5.50. The number of nitrogens with one attached hydrogen (secondary N) is 1. The number of halogens is 1. The van der Waals surface area contributed by atoms with Crippen molar-refractivity contribution in [3.05, 3.63) is 50.7 Å². The molecule has 0 spiro atoms. The molecule has 4 heteroatoms. The van der Waals surface area contributed by atoms with Crippen molar-refractivity contribution in [3.63, 3.8) is 0 Å². The van der Waals surface area contributed by atoms with Crippen molar-refractivity contribution in [1.82, 2.24) is 10.3 Å². The summed E-state index contributed by atoms with van der Waals surface area (Å²) in [7, 11) is 1.86.